The van der Waals surface area contributed by atoms with Crippen LogP contribution >= 0.6 is 34.8 Å². The molecule has 1 amide bonds. The molecule has 0 aliphatic rings. The number of aromatic nitrogens is 2. The van der Waals surface area contributed by atoms with E-state index in [1.165, 1.54) is 6.21 Å². The summed E-state index contributed by atoms with van der Waals surface area (Å²) in [7, 11) is 0. The number of carbonyl (C=O) groups is 1. The minimum Gasteiger partial charge on any atom is -0.267 e. The molecule has 0 aliphatic carbocycles. The average Bonchev–Trinajstić information content (AvgIpc) is 2.91. The van der Waals surface area contributed by atoms with Crippen LogP contribution in [0.25, 0.3) is 0 Å². The highest BCUT2D eigenvalue weighted by Gasteiger charge is 2.13. The molecule has 0 radical (unpaired) electrons. The van der Waals surface area contributed by atoms with Crippen LogP contribution in [0.15, 0.2) is 53.6 Å². The third-order valence-electron chi connectivity index (χ3n) is 3.83. The second-order valence-corrected chi connectivity index (χ2v) is 6.95. The first kappa shape index (κ1) is 19.4. The molecule has 0 fully saturated rings. The molecule has 0 spiro atoms. The summed E-state index contributed by atoms with van der Waals surface area (Å²) in [6, 6.07) is 14.2. The van der Waals surface area contributed by atoms with Crippen LogP contribution < -0.4 is 5.43 Å². The SMILES string of the molecule is Cc1nn(Cc2ccc(Cl)cc2)c(Cl)c1C=NNC(=O)c1ccccc1Cl. The Hall–Kier alpha value is -2.34. The van der Waals surface area contributed by atoms with E-state index in [9.17, 15) is 4.79 Å². The zero-order valence-corrected chi connectivity index (χ0v) is 16.6. The number of amides is 1. The monoisotopic (exact) mass is 420 g/mol. The molecule has 0 atom stereocenters. The fourth-order valence-corrected chi connectivity index (χ4v) is 3.07. The number of aryl methyl sites for hydroxylation is 1. The molecule has 0 saturated heterocycles. The van der Waals surface area contributed by atoms with Crippen molar-refractivity contribution in [2.24, 2.45) is 5.10 Å². The molecular formula is C19H15Cl3N4O. The fraction of sp³-hybridized carbons (Fsp3) is 0.105. The van der Waals surface area contributed by atoms with E-state index < -0.39 is 5.91 Å². The second-order valence-electron chi connectivity index (χ2n) is 5.75. The van der Waals surface area contributed by atoms with Crippen molar-refractivity contribution in [3.8, 4) is 0 Å². The number of nitrogens with zero attached hydrogens (tertiary/aromatic N) is 3. The Balaban J connectivity index is 1.72. The van der Waals surface area contributed by atoms with Crippen molar-refractivity contribution in [2.75, 3.05) is 0 Å². The average molecular weight is 422 g/mol. The molecule has 0 aliphatic heterocycles. The Labute approximate surface area is 171 Å². The van der Waals surface area contributed by atoms with E-state index in [-0.39, 0.29) is 0 Å². The lowest BCUT2D eigenvalue weighted by molar-refractivity contribution is 0.0955. The molecule has 5 nitrogen and oxygen atoms in total. The molecule has 8 heteroatoms. The number of carbonyl (C=O) groups excluding carboxylic acids is 1. The largest absolute Gasteiger partial charge is 0.272 e. The van der Waals surface area contributed by atoms with Crippen LogP contribution in [0.2, 0.25) is 15.2 Å². The molecule has 3 aromatic rings. The Kier molecular flexibility index (Phi) is 6.16. The van der Waals surface area contributed by atoms with Crippen LogP contribution in [-0.2, 0) is 6.54 Å². The summed E-state index contributed by atoms with van der Waals surface area (Å²) in [5, 5.41) is 9.85. The van der Waals surface area contributed by atoms with E-state index >= 15 is 0 Å². The van der Waals surface area contributed by atoms with Crippen molar-refractivity contribution in [2.45, 2.75) is 13.5 Å². The van der Waals surface area contributed by atoms with Crippen molar-refractivity contribution in [3.05, 3.63) is 86.1 Å². The highest BCUT2D eigenvalue weighted by atomic mass is 35.5. The first-order chi connectivity index (χ1) is 13.0. The third kappa shape index (κ3) is 4.69. The van der Waals surface area contributed by atoms with Gasteiger partial charge in [-0.2, -0.15) is 10.2 Å². The number of halogens is 3. The van der Waals surface area contributed by atoms with Crippen molar-refractivity contribution >= 4 is 46.9 Å². The van der Waals surface area contributed by atoms with E-state index in [1.54, 1.807) is 28.9 Å². The predicted octanol–water partition coefficient (Wildman–Crippen LogP) is 4.96. The van der Waals surface area contributed by atoms with Gasteiger partial charge in [0.15, 0.2) is 0 Å². The lowest BCUT2D eigenvalue weighted by Gasteiger charge is -2.04. The summed E-state index contributed by atoms with van der Waals surface area (Å²) < 4.78 is 1.66. The van der Waals surface area contributed by atoms with Gasteiger partial charge in [0, 0.05) is 5.02 Å². The van der Waals surface area contributed by atoms with Gasteiger partial charge in [-0.05, 0) is 36.8 Å². The maximum atomic E-state index is 12.1. The first-order valence-electron chi connectivity index (χ1n) is 8.01. The zero-order chi connectivity index (χ0) is 19.4. The summed E-state index contributed by atoms with van der Waals surface area (Å²) in [5.41, 5.74) is 5.13. The van der Waals surface area contributed by atoms with Gasteiger partial charge in [0.1, 0.15) is 5.15 Å². The minimum atomic E-state index is -0.404. The molecule has 0 saturated carbocycles. The Morgan fingerprint density at radius 1 is 1.15 bits per heavy atom. The number of benzene rings is 2. The van der Waals surface area contributed by atoms with Gasteiger partial charge in [0.25, 0.3) is 5.91 Å². The molecule has 1 heterocycles. The second kappa shape index (κ2) is 8.57. The van der Waals surface area contributed by atoms with Crippen LogP contribution in [0, 0.1) is 6.92 Å². The van der Waals surface area contributed by atoms with Crippen LogP contribution in [0.5, 0.6) is 0 Å². The Morgan fingerprint density at radius 3 is 2.56 bits per heavy atom. The van der Waals surface area contributed by atoms with E-state index in [0.717, 1.165) is 5.56 Å². The van der Waals surface area contributed by atoms with Crippen LogP contribution in [0.4, 0.5) is 0 Å². The molecule has 0 unspecified atom stereocenters. The number of hydrogen-bond donors (Lipinski definition) is 1. The van der Waals surface area contributed by atoms with Gasteiger partial charge in [0.05, 0.1) is 34.6 Å². The number of nitrogens with one attached hydrogen (secondary N) is 1. The fourth-order valence-electron chi connectivity index (χ4n) is 2.44. The Morgan fingerprint density at radius 2 is 1.85 bits per heavy atom. The van der Waals surface area contributed by atoms with E-state index in [0.29, 0.717) is 38.6 Å². The summed E-state index contributed by atoms with van der Waals surface area (Å²) >= 11 is 18.3. The summed E-state index contributed by atoms with van der Waals surface area (Å²) in [4.78, 5) is 12.1. The molecule has 1 aromatic heterocycles. The highest BCUT2D eigenvalue weighted by molar-refractivity contribution is 6.34. The van der Waals surface area contributed by atoms with Crippen LogP contribution in [0.1, 0.15) is 27.2 Å². The molecule has 1 N–H and O–H groups in total. The third-order valence-corrected chi connectivity index (χ3v) is 4.81. The van der Waals surface area contributed by atoms with Crippen molar-refractivity contribution < 1.29 is 4.79 Å². The maximum Gasteiger partial charge on any atom is 0.272 e. The van der Waals surface area contributed by atoms with Crippen LogP contribution in [-0.4, -0.2) is 21.9 Å². The molecule has 138 valence electrons. The van der Waals surface area contributed by atoms with Gasteiger partial charge in [-0.15, -0.1) is 0 Å². The van der Waals surface area contributed by atoms with Gasteiger partial charge in [-0.3, -0.25) is 4.79 Å². The van der Waals surface area contributed by atoms with Crippen molar-refractivity contribution in [1.29, 1.82) is 0 Å². The molecular weight excluding hydrogens is 407 g/mol. The quantitative estimate of drug-likeness (QED) is 0.467. The molecule has 0 bridgehead atoms. The van der Waals surface area contributed by atoms with Gasteiger partial charge in [0.2, 0.25) is 0 Å². The normalized spacial score (nSPS) is 11.1. The van der Waals surface area contributed by atoms with E-state index in [4.69, 9.17) is 34.8 Å². The summed E-state index contributed by atoms with van der Waals surface area (Å²) in [6.07, 6.45) is 1.47. The highest BCUT2D eigenvalue weighted by Crippen LogP contribution is 2.20. The maximum absolute atomic E-state index is 12.1. The number of rotatable bonds is 5. The predicted molar refractivity (Wildman–Crippen MR) is 109 cm³/mol. The lowest BCUT2D eigenvalue weighted by atomic mass is 10.2. The Bertz CT molecular complexity index is 997. The number of hydrazone groups is 1. The first-order valence-corrected chi connectivity index (χ1v) is 9.14. The van der Waals surface area contributed by atoms with Gasteiger partial charge in [-0.25, -0.2) is 10.1 Å². The van der Waals surface area contributed by atoms with Crippen molar-refractivity contribution in [1.82, 2.24) is 15.2 Å². The van der Waals surface area contributed by atoms with Gasteiger partial charge in [-0.1, -0.05) is 59.1 Å². The topological polar surface area (TPSA) is 59.3 Å². The number of hydrogen-bond acceptors (Lipinski definition) is 3. The summed E-state index contributed by atoms with van der Waals surface area (Å²) in [6.45, 7) is 2.32. The lowest BCUT2D eigenvalue weighted by Crippen LogP contribution is -2.18. The minimum absolute atomic E-state index is 0.345. The molecule has 3 rings (SSSR count). The molecule has 2 aromatic carbocycles. The van der Waals surface area contributed by atoms with Gasteiger partial charge < -0.3 is 0 Å². The summed E-state index contributed by atoms with van der Waals surface area (Å²) in [5.74, 6) is -0.404. The molecule has 27 heavy (non-hydrogen) atoms. The van der Waals surface area contributed by atoms with Crippen LogP contribution in [0.3, 0.4) is 0 Å². The zero-order valence-electron chi connectivity index (χ0n) is 14.3. The van der Waals surface area contributed by atoms with Crippen molar-refractivity contribution in [3.63, 3.8) is 0 Å². The van der Waals surface area contributed by atoms with E-state index in [2.05, 4.69) is 15.6 Å². The smallest absolute Gasteiger partial charge is 0.267 e. The standard InChI is InChI=1S/C19H15Cl3N4O/c1-12-16(10-23-24-19(27)15-4-2-3-5-17(15)21)18(22)26(25-12)11-13-6-8-14(20)9-7-13/h2-10H,11H2,1H3,(H,24,27). The van der Waals surface area contributed by atoms with E-state index in [1.807, 2.05) is 31.2 Å². The van der Waals surface area contributed by atoms with Gasteiger partial charge >= 0.3 is 0 Å².